The van der Waals surface area contributed by atoms with Crippen molar-refractivity contribution in [3.8, 4) is 0 Å². The molecule has 3 rings (SSSR count). The Morgan fingerprint density at radius 3 is 3.15 bits per heavy atom. The van der Waals surface area contributed by atoms with E-state index in [1.165, 1.54) is 24.0 Å². The highest BCUT2D eigenvalue weighted by Gasteiger charge is 2.37. The number of Topliss-reactive ketones (excluding diaryl/α,β-unsaturated/α-hetero) is 1. The van der Waals surface area contributed by atoms with Gasteiger partial charge in [0.25, 0.3) is 0 Å². The Balaban J connectivity index is 2.23. The molecule has 2 aliphatic rings. The summed E-state index contributed by atoms with van der Waals surface area (Å²) >= 11 is 1.67. The average Bonchev–Trinajstić information content (AvgIpc) is 2.64. The van der Waals surface area contributed by atoms with Crippen LogP contribution in [0.25, 0.3) is 0 Å². The summed E-state index contributed by atoms with van der Waals surface area (Å²) in [4.78, 5) is 12.7. The number of hydrogen-bond acceptors (Lipinski definition) is 2. The minimum absolute atomic E-state index is 0.394. The van der Waals surface area contributed by atoms with E-state index in [0.29, 0.717) is 17.6 Å². The van der Waals surface area contributed by atoms with Gasteiger partial charge in [-0.1, -0.05) is 6.92 Å². The molecule has 0 fully saturated rings. The Bertz CT molecular complexity index is 377. The molecule has 0 saturated carbocycles. The van der Waals surface area contributed by atoms with Crippen LogP contribution in [0, 0.1) is 0 Å². The third kappa shape index (κ3) is 0.896. The van der Waals surface area contributed by atoms with Crippen molar-refractivity contribution in [3.63, 3.8) is 0 Å². The van der Waals surface area contributed by atoms with E-state index in [-0.39, 0.29) is 0 Å². The third-order valence-electron chi connectivity index (χ3n) is 3.43. The first-order chi connectivity index (χ1) is 6.27. The topological polar surface area (TPSA) is 17.1 Å². The van der Waals surface area contributed by atoms with Crippen LogP contribution in [0.4, 0.5) is 0 Å². The van der Waals surface area contributed by atoms with Gasteiger partial charge in [0, 0.05) is 6.42 Å². The normalized spacial score (nSPS) is 30.7. The second-order valence-corrected chi connectivity index (χ2v) is 5.12. The predicted octanol–water partition coefficient (Wildman–Crippen LogP) is 3.32. The molecule has 0 N–H and O–H groups in total. The molecule has 1 aromatic rings. The van der Waals surface area contributed by atoms with Crippen LogP contribution in [0.15, 0.2) is 5.38 Å². The molecule has 0 radical (unpaired) electrons. The summed E-state index contributed by atoms with van der Waals surface area (Å²) < 4.78 is 0. The van der Waals surface area contributed by atoms with Crippen molar-refractivity contribution in [2.75, 3.05) is 0 Å². The Morgan fingerprint density at radius 2 is 2.31 bits per heavy atom. The highest BCUT2D eigenvalue weighted by atomic mass is 32.1. The van der Waals surface area contributed by atoms with E-state index in [4.69, 9.17) is 0 Å². The first kappa shape index (κ1) is 7.74. The fraction of sp³-hybridized carbons (Fsp3) is 0.545. The lowest BCUT2D eigenvalue weighted by molar-refractivity contribution is 0.0990. The van der Waals surface area contributed by atoms with E-state index < -0.39 is 0 Å². The molecule has 2 heteroatoms. The Hall–Kier alpha value is -0.630. The minimum Gasteiger partial charge on any atom is -0.293 e. The van der Waals surface area contributed by atoms with E-state index in [1.54, 1.807) is 11.3 Å². The molecule has 0 aromatic carbocycles. The highest BCUT2D eigenvalue weighted by Crippen LogP contribution is 2.49. The van der Waals surface area contributed by atoms with Crippen molar-refractivity contribution in [2.45, 2.75) is 38.0 Å². The van der Waals surface area contributed by atoms with Crippen LogP contribution in [-0.4, -0.2) is 5.78 Å². The number of rotatable bonds is 0. The maximum absolute atomic E-state index is 11.6. The van der Waals surface area contributed by atoms with Gasteiger partial charge >= 0.3 is 0 Å². The maximum atomic E-state index is 11.6. The number of thiophene rings is 1. The molecule has 1 aromatic heterocycles. The number of ketones is 1. The SMILES string of the molecule is CC1CCC2CC(=O)c3scc1c32. The molecule has 68 valence electrons. The van der Waals surface area contributed by atoms with E-state index >= 15 is 0 Å². The molecule has 0 amide bonds. The minimum atomic E-state index is 0.394. The van der Waals surface area contributed by atoms with Crippen LogP contribution in [0.3, 0.4) is 0 Å². The predicted molar refractivity (Wildman–Crippen MR) is 53.7 cm³/mol. The number of carbonyl (C=O) groups excluding carboxylic acids is 1. The quantitative estimate of drug-likeness (QED) is 0.616. The fourth-order valence-corrected chi connectivity index (χ4v) is 3.90. The fourth-order valence-electron chi connectivity index (χ4n) is 2.67. The standard InChI is InChI=1S/C11H12OS/c1-6-2-3-7-4-9(12)11-10(7)8(6)5-13-11/h5-7H,2-4H2,1H3. The average molecular weight is 192 g/mol. The van der Waals surface area contributed by atoms with Crippen LogP contribution in [-0.2, 0) is 0 Å². The molecule has 0 spiro atoms. The van der Waals surface area contributed by atoms with Crippen molar-refractivity contribution >= 4 is 17.1 Å². The van der Waals surface area contributed by atoms with Crippen LogP contribution >= 0.6 is 11.3 Å². The zero-order valence-corrected chi connectivity index (χ0v) is 8.49. The van der Waals surface area contributed by atoms with Gasteiger partial charge in [0.1, 0.15) is 0 Å². The summed E-state index contributed by atoms with van der Waals surface area (Å²) in [6.45, 7) is 2.28. The van der Waals surface area contributed by atoms with Crippen molar-refractivity contribution in [1.29, 1.82) is 0 Å². The molecular formula is C11H12OS. The van der Waals surface area contributed by atoms with Crippen molar-refractivity contribution < 1.29 is 4.79 Å². The molecule has 1 heterocycles. The second-order valence-electron chi connectivity index (χ2n) is 4.24. The van der Waals surface area contributed by atoms with Gasteiger partial charge in [0.15, 0.2) is 5.78 Å². The van der Waals surface area contributed by atoms with Crippen molar-refractivity contribution in [1.82, 2.24) is 0 Å². The first-order valence-corrected chi connectivity index (χ1v) is 5.80. The molecular weight excluding hydrogens is 180 g/mol. The first-order valence-electron chi connectivity index (χ1n) is 4.92. The molecule has 0 bridgehead atoms. The van der Waals surface area contributed by atoms with Crippen LogP contribution in [0.2, 0.25) is 0 Å². The summed E-state index contributed by atoms with van der Waals surface area (Å²) in [5, 5.41) is 2.21. The maximum Gasteiger partial charge on any atom is 0.173 e. The van der Waals surface area contributed by atoms with Gasteiger partial charge in [-0.25, -0.2) is 0 Å². The van der Waals surface area contributed by atoms with Gasteiger partial charge in [-0.2, -0.15) is 0 Å². The highest BCUT2D eigenvalue weighted by molar-refractivity contribution is 7.12. The van der Waals surface area contributed by atoms with Crippen LogP contribution < -0.4 is 0 Å². The number of carbonyl (C=O) groups is 1. The smallest absolute Gasteiger partial charge is 0.173 e. The van der Waals surface area contributed by atoms with Gasteiger partial charge in [0.05, 0.1) is 4.88 Å². The van der Waals surface area contributed by atoms with Crippen LogP contribution in [0.1, 0.15) is 58.8 Å². The lowest BCUT2D eigenvalue weighted by atomic mass is 9.81. The molecule has 0 saturated heterocycles. The third-order valence-corrected chi connectivity index (χ3v) is 4.49. The Labute approximate surface area is 81.8 Å². The summed E-state index contributed by atoms with van der Waals surface area (Å²) in [5.41, 5.74) is 2.90. The zero-order valence-electron chi connectivity index (χ0n) is 7.67. The van der Waals surface area contributed by atoms with E-state index in [2.05, 4.69) is 12.3 Å². The summed E-state index contributed by atoms with van der Waals surface area (Å²) in [7, 11) is 0. The van der Waals surface area contributed by atoms with Gasteiger partial charge in [-0.3, -0.25) is 4.79 Å². The molecule has 0 aliphatic heterocycles. The van der Waals surface area contributed by atoms with E-state index in [9.17, 15) is 4.79 Å². The van der Waals surface area contributed by atoms with E-state index in [1.807, 2.05) is 0 Å². The van der Waals surface area contributed by atoms with Crippen LogP contribution in [0.5, 0.6) is 0 Å². The lowest BCUT2D eigenvalue weighted by Gasteiger charge is -2.23. The monoisotopic (exact) mass is 192 g/mol. The number of hydrogen-bond donors (Lipinski definition) is 0. The summed E-state index contributed by atoms with van der Waals surface area (Å²) in [6, 6.07) is 0. The molecule has 2 unspecified atom stereocenters. The Kier molecular flexibility index (Phi) is 1.46. The second kappa shape index (κ2) is 2.44. The lowest BCUT2D eigenvalue weighted by Crippen LogP contribution is -2.08. The summed E-state index contributed by atoms with van der Waals surface area (Å²) in [6.07, 6.45) is 3.28. The molecule has 2 aliphatic carbocycles. The van der Waals surface area contributed by atoms with Gasteiger partial charge in [0.2, 0.25) is 0 Å². The van der Waals surface area contributed by atoms with E-state index in [0.717, 1.165) is 11.3 Å². The summed E-state index contributed by atoms with van der Waals surface area (Å²) in [5.74, 6) is 1.66. The van der Waals surface area contributed by atoms with Gasteiger partial charge in [-0.15, -0.1) is 11.3 Å². The molecule has 13 heavy (non-hydrogen) atoms. The molecule has 2 atom stereocenters. The van der Waals surface area contributed by atoms with Crippen molar-refractivity contribution in [2.24, 2.45) is 0 Å². The largest absolute Gasteiger partial charge is 0.293 e. The Morgan fingerprint density at radius 1 is 1.46 bits per heavy atom. The van der Waals surface area contributed by atoms with Gasteiger partial charge in [-0.05, 0) is 41.2 Å². The zero-order chi connectivity index (χ0) is 9.00. The van der Waals surface area contributed by atoms with Crippen molar-refractivity contribution in [3.05, 3.63) is 21.4 Å². The molecule has 1 nitrogen and oxygen atoms in total. The van der Waals surface area contributed by atoms with Gasteiger partial charge < -0.3 is 0 Å².